The van der Waals surface area contributed by atoms with Crippen molar-refractivity contribution < 1.29 is 24.5 Å². The number of ether oxygens (including phenoxy) is 1. The molecule has 0 bridgehead atoms. The lowest BCUT2D eigenvalue weighted by Gasteiger charge is -2.22. The van der Waals surface area contributed by atoms with Gasteiger partial charge < -0.3 is 20.3 Å². The smallest absolute Gasteiger partial charge is 0.305 e. The van der Waals surface area contributed by atoms with Crippen LogP contribution in [0.1, 0.15) is 367 Å². The average Bonchev–Trinajstić information content (AvgIpc) is 3.41. The summed E-state index contributed by atoms with van der Waals surface area (Å²) in [5.41, 5.74) is 0. The molecule has 0 radical (unpaired) electrons. The van der Waals surface area contributed by atoms with Gasteiger partial charge in [0.2, 0.25) is 5.91 Å². The molecule has 3 N–H and O–H groups in total. The predicted octanol–water partition coefficient (Wildman–Crippen LogP) is 21.5. The third kappa shape index (κ3) is 61.2. The van der Waals surface area contributed by atoms with Gasteiger partial charge in [-0.05, 0) is 83.5 Å². The first kappa shape index (κ1) is 73.1. The van der Waals surface area contributed by atoms with Crippen molar-refractivity contribution in [3.8, 4) is 0 Å². The van der Waals surface area contributed by atoms with E-state index >= 15 is 0 Å². The second-order valence-electron chi connectivity index (χ2n) is 23.1. The van der Waals surface area contributed by atoms with E-state index in [0.717, 1.165) is 51.4 Å². The van der Waals surface area contributed by atoms with Crippen molar-refractivity contribution in [1.82, 2.24) is 5.32 Å². The molecule has 0 aliphatic rings. The molecule has 0 aromatic heterocycles. The summed E-state index contributed by atoms with van der Waals surface area (Å²) in [5.74, 6) is -0.0297. The van der Waals surface area contributed by atoms with E-state index in [0.29, 0.717) is 25.9 Å². The predicted molar refractivity (Wildman–Crippen MR) is 329 cm³/mol. The van der Waals surface area contributed by atoms with Crippen molar-refractivity contribution in [3.63, 3.8) is 0 Å². The Morgan fingerprint density at radius 3 is 1.04 bits per heavy atom. The van der Waals surface area contributed by atoms with Crippen LogP contribution in [-0.4, -0.2) is 47.4 Å². The highest BCUT2D eigenvalue weighted by Gasteiger charge is 2.20. The maximum atomic E-state index is 12.5. The maximum Gasteiger partial charge on any atom is 0.305 e. The zero-order valence-corrected chi connectivity index (χ0v) is 50.5. The highest BCUT2D eigenvalue weighted by molar-refractivity contribution is 5.76. The molecular weight excluding hydrogens is 923 g/mol. The SMILES string of the molecule is CCCCCC/C=C\C/C=C\CCCCCCCCCC(=O)OCCCCCCCCCCCCCC/C=C\CCCCCCCCCCCC(=O)NC(CO)C(O)CCCCCCCCCCCCCCCCC. The highest BCUT2D eigenvalue weighted by Crippen LogP contribution is 2.18. The van der Waals surface area contributed by atoms with Gasteiger partial charge in [-0.1, -0.05) is 307 Å². The number of nitrogens with one attached hydrogen (secondary N) is 1. The Morgan fingerprint density at radius 2 is 0.667 bits per heavy atom. The van der Waals surface area contributed by atoms with Crippen molar-refractivity contribution in [2.45, 2.75) is 379 Å². The molecule has 0 aromatic carbocycles. The molecule has 0 aromatic rings. The summed E-state index contributed by atoms with van der Waals surface area (Å²) in [7, 11) is 0. The lowest BCUT2D eigenvalue weighted by atomic mass is 10.0. The number of aliphatic hydroxyl groups excluding tert-OH is 2. The summed E-state index contributed by atoms with van der Waals surface area (Å²) in [4.78, 5) is 24.6. The Kier molecular flexibility index (Phi) is 63.0. The first-order valence-corrected chi connectivity index (χ1v) is 33.7. The van der Waals surface area contributed by atoms with Gasteiger partial charge in [0.25, 0.3) is 0 Å². The number of hydrogen-bond acceptors (Lipinski definition) is 5. The number of aliphatic hydroxyl groups is 2. The van der Waals surface area contributed by atoms with Crippen molar-refractivity contribution in [3.05, 3.63) is 36.5 Å². The van der Waals surface area contributed by atoms with Crippen LogP contribution in [0.15, 0.2) is 36.5 Å². The quantitative estimate of drug-likeness (QED) is 0.0320. The number of hydrogen-bond donors (Lipinski definition) is 3. The minimum atomic E-state index is -0.666. The number of rotatable bonds is 63. The second kappa shape index (κ2) is 64.6. The zero-order valence-electron chi connectivity index (χ0n) is 50.5. The summed E-state index contributed by atoms with van der Waals surface area (Å²) in [6.07, 6.45) is 81.7. The van der Waals surface area contributed by atoms with Gasteiger partial charge in [0.15, 0.2) is 0 Å². The second-order valence-corrected chi connectivity index (χ2v) is 23.1. The first-order chi connectivity index (χ1) is 37.0. The molecule has 0 rings (SSSR count). The fourth-order valence-corrected chi connectivity index (χ4v) is 10.5. The molecule has 2 unspecified atom stereocenters. The molecule has 2 atom stereocenters. The number of allylic oxidation sites excluding steroid dienone is 6. The zero-order chi connectivity index (χ0) is 54.3. The van der Waals surface area contributed by atoms with E-state index in [9.17, 15) is 19.8 Å². The molecule has 0 fully saturated rings. The van der Waals surface area contributed by atoms with Gasteiger partial charge in [-0.25, -0.2) is 0 Å². The van der Waals surface area contributed by atoms with Gasteiger partial charge in [0.1, 0.15) is 0 Å². The van der Waals surface area contributed by atoms with E-state index in [1.165, 1.54) is 283 Å². The molecule has 1 amide bonds. The normalized spacial score (nSPS) is 12.7. The summed E-state index contributed by atoms with van der Waals surface area (Å²) in [5, 5.41) is 23.3. The van der Waals surface area contributed by atoms with Crippen LogP contribution in [0.3, 0.4) is 0 Å². The van der Waals surface area contributed by atoms with Crippen LogP contribution < -0.4 is 5.32 Å². The van der Waals surface area contributed by atoms with E-state index in [2.05, 4.69) is 55.6 Å². The summed E-state index contributed by atoms with van der Waals surface area (Å²) >= 11 is 0. The average molecular weight is 1050 g/mol. The Balaban J connectivity index is 3.39. The van der Waals surface area contributed by atoms with Gasteiger partial charge in [-0.3, -0.25) is 9.59 Å². The van der Waals surface area contributed by atoms with Gasteiger partial charge in [0, 0.05) is 12.8 Å². The first-order valence-electron chi connectivity index (χ1n) is 33.7. The van der Waals surface area contributed by atoms with E-state index in [-0.39, 0.29) is 18.5 Å². The number of carbonyl (C=O) groups is 2. The van der Waals surface area contributed by atoms with E-state index in [1.807, 2.05) is 0 Å². The van der Waals surface area contributed by atoms with Crippen LogP contribution in [0.2, 0.25) is 0 Å². The molecule has 6 heteroatoms. The van der Waals surface area contributed by atoms with Crippen molar-refractivity contribution in [2.24, 2.45) is 0 Å². The van der Waals surface area contributed by atoms with Gasteiger partial charge in [0.05, 0.1) is 25.4 Å². The third-order valence-corrected chi connectivity index (χ3v) is 15.7. The summed E-state index contributed by atoms with van der Waals surface area (Å²) in [6, 6.07) is -0.544. The van der Waals surface area contributed by atoms with Crippen molar-refractivity contribution >= 4 is 11.9 Å². The van der Waals surface area contributed by atoms with E-state index < -0.39 is 12.1 Å². The monoisotopic (exact) mass is 1050 g/mol. The fourth-order valence-electron chi connectivity index (χ4n) is 10.5. The van der Waals surface area contributed by atoms with Crippen LogP contribution in [0.5, 0.6) is 0 Å². The molecule has 0 aliphatic heterocycles. The van der Waals surface area contributed by atoms with Crippen molar-refractivity contribution in [1.29, 1.82) is 0 Å². The minimum absolute atomic E-state index is 0.00647. The lowest BCUT2D eigenvalue weighted by molar-refractivity contribution is -0.143. The van der Waals surface area contributed by atoms with Crippen LogP contribution in [0, 0.1) is 0 Å². The molecule has 75 heavy (non-hydrogen) atoms. The number of carbonyl (C=O) groups excluding carboxylic acids is 2. The lowest BCUT2D eigenvalue weighted by Crippen LogP contribution is -2.45. The van der Waals surface area contributed by atoms with E-state index in [1.54, 1.807) is 0 Å². The molecule has 6 nitrogen and oxygen atoms in total. The third-order valence-electron chi connectivity index (χ3n) is 15.7. The molecule has 0 saturated heterocycles. The van der Waals surface area contributed by atoms with Crippen LogP contribution >= 0.6 is 0 Å². The molecular formula is C69H131NO5. The summed E-state index contributed by atoms with van der Waals surface area (Å²) in [6.45, 7) is 4.95. The minimum Gasteiger partial charge on any atom is -0.466 e. The van der Waals surface area contributed by atoms with Gasteiger partial charge in [-0.2, -0.15) is 0 Å². The number of esters is 1. The number of amides is 1. The fraction of sp³-hybridized carbons (Fsp3) is 0.884. The standard InChI is InChI=1S/C69H131NO5/c1-3-5-7-9-11-13-15-17-19-20-31-35-39-43-47-51-55-59-63-69(74)75-64-60-56-52-48-44-40-36-32-29-27-25-23-21-22-24-26-28-30-34-38-42-46-50-54-58-62-68(73)70-66(65-71)67(72)61-57-53-49-45-41-37-33-18-16-14-12-10-8-6-4-2/h13,15,19-20,22,24,66-67,71-72H,3-12,14,16-18,21,23,25-65H2,1-2H3,(H,70,73)/b15-13-,20-19-,24-22-. The van der Waals surface area contributed by atoms with Gasteiger partial charge in [-0.15, -0.1) is 0 Å². The Hall–Kier alpha value is -1.92. The molecule has 0 aliphatic carbocycles. The topological polar surface area (TPSA) is 95.9 Å². The largest absolute Gasteiger partial charge is 0.466 e. The molecule has 0 spiro atoms. The Bertz CT molecular complexity index is 1210. The van der Waals surface area contributed by atoms with Gasteiger partial charge >= 0.3 is 5.97 Å². The molecule has 0 saturated carbocycles. The maximum absolute atomic E-state index is 12.5. The molecule has 442 valence electrons. The molecule has 0 heterocycles. The van der Waals surface area contributed by atoms with Crippen LogP contribution in [0.25, 0.3) is 0 Å². The highest BCUT2D eigenvalue weighted by atomic mass is 16.5. The Labute approximate surface area is 468 Å². The summed E-state index contributed by atoms with van der Waals surface area (Å²) < 4.78 is 5.50. The van der Waals surface area contributed by atoms with Crippen LogP contribution in [-0.2, 0) is 14.3 Å². The Morgan fingerprint density at radius 1 is 0.373 bits per heavy atom. The van der Waals surface area contributed by atoms with Crippen molar-refractivity contribution in [2.75, 3.05) is 13.2 Å². The number of unbranched alkanes of at least 4 members (excludes halogenated alkanes) is 46. The van der Waals surface area contributed by atoms with Crippen LogP contribution in [0.4, 0.5) is 0 Å². The van der Waals surface area contributed by atoms with E-state index in [4.69, 9.17) is 4.74 Å².